The molecule has 0 bridgehead atoms. The van der Waals surface area contributed by atoms with Crippen LogP contribution in [0.1, 0.15) is 25.7 Å². The van der Waals surface area contributed by atoms with Gasteiger partial charge in [-0.1, -0.05) is 0 Å². The molecule has 1 heterocycles. The third-order valence-electron chi connectivity index (χ3n) is 2.56. The lowest BCUT2D eigenvalue weighted by molar-refractivity contribution is -0.122. The summed E-state index contributed by atoms with van der Waals surface area (Å²) in [5.74, 6) is -0.0243. The molecule has 5 nitrogen and oxygen atoms in total. The summed E-state index contributed by atoms with van der Waals surface area (Å²) in [6.45, 7) is 1.79. The summed E-state index contributed by atoms with van der Waals surface area (Å²) < 4.78 is 5.07. The number of carbonyl (C=O) groups excluding carboxylic acids is 1. The Morgan fingerprint density at radius 1 is 1.53 bits per heavy atom. The van der Waals surface area contributed by atoms with Crippen LogP contribution in [0, 0.1) is 0 Å². The molecule has 0 aromatic rings. The van der Waals surface area contributed by atoms with Crippen LogP contribution < -0.4 is 11.1 Å². The maximum Gasteiger partial charge on any atom is 0.220 e. The number of amides is 1. The second-order valence-electron chi connectivity index (χ2n) is 4.05. The van der Waals surface area contributed by atoms with Crippen molar-refractivity contribution >= 4 is 5.91 Å². The van der Waals surface area contributed by atoms with Crippen molar-refractivity contribution in [2.75, 3.05) is 26.3 Å². The summed E-state index contributed by atoms with van der Waals surface area (Å²) in [6, 6.07) is 0. The molecule has 88 valence electrons. The van der Waals surface area contributed by atoms with Gasteiger partial charge in [0.25, 0.3) is 0 Å². The standard InChI is InChI=1S/C10H20N2O3/c11-5-2-1-3-9(13)12-7-10(14)4-6-15-8-10/h14H,1-8,11H2,(H,12,13). The first kappa shape index (κ1) is 12.4. The van der Waals surface area contributed by atoms with Gasteiger partial charge in [0.05, 0.1) is 6.61 Å². The van der Waals surface area contributed by atoms with E-state index in [0.29, 0.717) is 32.6 Å². The summed E-state index contributed by atoms with van der Waals surface area (Å²) in [5, 5.41) is 12.6. The Morgan fingerprint density at radius 3 is 2.93 bits per heavy atom. The maximum absolute atomic E-state index is 11.3. The van der Waals surface area contributed by atoms with E-state index in [1.165, 1.54) is 0 Å². The number of hydrogen-bond acceptors (Lipinski definition) is 4. The van der Waals surface area contributed by atoms with Crippen molar-refractivity contribution in [2.45, 2.75) is 31.3 Å². The van der Waals surface area contributed by atoms with Crippen LogP contribution in [-0.4, -0.2) is 42.9 Å². The van der Waals surface area contributed by atoms with Gasteiger partial charge in [0.15, 0.2) is 0 Å². The minimum absolute atomic E-state index is 0.0243. The minimum atomic E-state index is -0.858. The molecule has 1 atom stereocenters. The van der Waals surface area contributed by atoms with E-state index in [4.69, 9.17) is 10.5 Å². The van der Waals surface area contributed by atoms with Gasteiger partial charge < -0.3 is 20.9 Å². The molecular formula is C10H20N2O3. The molecule has 0 saturated carbocycles. The molecule has 1 amide bonds. The van der Waals surface area contributed by atoms with Crippen LogP contribution in [0.5, 0.6) is 0 Å². The Bertz CT molecular complexity index is 203. The van der Waals surface area contributed by atoms with Gasteiger partial charge in [-0.2, -0.15) is 0 Å². The molecule has 0 aromatic carbocycles. The fourth-order valence-corrected chi connectivity index (χ4v) is 1.52. The Morgan fingerprint density at radius 2 is 2.33 bits per heavy atom. The SMILES string of the molecule is NCCCCC(=O)NCC1(O)CCOC1. The Balaban J connectivity index is 2.10. The van der Waals surface area contributed by atoms with Gasteiger partial charge in [-0.05, 0) is 19.4 Å². The first-order valence-electron chi connectivity index (χ1n) is 5.43. The van der Waals surface area contributed by atoms with E-state index in [1.807, 2.05) is 0 Å². The van der Waals surface area contributed by atoms with E-state index in [2.05, 4.69) is 5.32 Å². The Kier molecular flexibility index (Phi) is 5.01. The molecule has 0 spiro atoms. The van der Waals surface area contributed by atoms with Gasteiger partial charge in [-0.15, -0.1) is 0 Å². The summed E-state index contributed by atoms with van der Waals surface area (Å²) in [6.07, 6.45) is 2.74. The highest BCUT2D eigenvalue weighted by molar-refractivity contribution is 5.75. The van der Waals surface area contributed by atoms with Crippen LogP contribution in [0.15, 0.2) is 0 Å². The van der Waals surface area contributed by atoms with Crippen molar-refractivity contribution in [2.24, 2.45) is 5.73 Å². The fraction of sp³-hybridized carbons (Fsp3) is 0.900. The molecule has 1 saturated heterocycles. The monoisotopic (exact) mass is 216 g/mol. The van der Waals surface area contributed by atoms with E-state index in [9.17, 15) is 9.90 Å². The largest absolute Gasteiger partial charge is 0.386 e. The molecule has 15 heavy (non-hydrogen) atoms. The zero-order valence-corrected chi connectivity index (χ0v) is 9.00. The Hall–Kier alpha value is -0.650. The van der Waals surface area contributed by atoms with Gasteiger partial charge >= 0.3 is 0 Å². The highest BCUT2D eigenvalue weighted by Gasteiger charge is 2.32. The molecule has 1 unspecified atom stereocenters. The highest BCUT2D eigenvalue weighted by atomic mass is 16.5. The lowest BCUT2D eigenvalue weighted by Gasteiger charge is -2.20. The number of ether oxygens (including phenoxy) is 1. The first-order chi connectivity index (χ1) is 7.16. The van der Waals surface area contributed by atoms with E-state index >= 15 is 0 Å². The van der Waals surface area contributed by atoms with Crippen molar-refractivity contribution < 1.29 is 14.6 Å². The topological polar surface area (TPSA) is 84.6 Å². The molecule has 0 aromatic heterocycles. The van der Waals surface area contributed by atoms with E-state index in [0.717, 1.165) is 12.8 Å². The zero-order chi connectivity index (χ0) is 11.1. The van der Waals surface area contributed by atoms with Crippen LogP contribution in [0.2, 0.25) is 0 Å². The van der Waals surface area contributed by atoms with Crippen molar-refractivity contribution in [1.29, 1.82) is 0 Å². The molecule has 1 rings (SSSR count). The predicted octanol–water partition coefficient (Wildman–Crippen LogP) is -0.617. The van der Waals surface area contributed by atoms with Gasteiger partial charge in [0.1, 0.15) is 5.60 Å². The van der Waals surface area contributed by atoms with E-state index in [-0.39, 0.29) is 12.5 Å². The van der Waals surface area contributed by atoms with Crippen molar-refractivity contribution in [1.82, 2.24) is 5.32 Å². The van der Waals surface area contributed by atoms with Crippen molar-refractivity contribution in [3.63, 3.8) is 0 Å². The summed E-state index contributed by atoms with van der Waals surface area (Å²) >= 11 is 0. The number of aliphatic hydroxyl groups is 1. The van der Waals surface area contributed by atoms with Crippen molar-refractivity contribution in [3.8, 4) is 0 Å². The normalized spacial score (nSPS) is 25.5. The second-order valence-corrected chi connectivity index (χ2v) is 4.05. The number of nitrogens with two attached hydrogens (primary N) is 1. The average molecular weight is 216 g/mol. The van der Waals surface area contributed by atoms with Gasteiger partial charge in [0.2, 0.25) is 5.91 Å². The number of nitrogens with one attached hydrogen (secondary N) is 1. The van der Waals surface area contributed by atoms with Crippen LogP contribution in [0.3, 0.4) is 0 Å². The van der Waals surface area contributed by atoms with Crippen LogP contribution >= 0.6 is 0 Å². The quantitative estimate of drug-likeness (QED) is 0.517. The van der Waals surface area contributed by atoms with E-state index < -0.39 is 5.60 Å². The van der Waals surface area contributed by atoms with Crippen LogP contribution in [-0.2, 0) is 9.53 Å². The fourth-order valence-electron chi connectivity index (χ4n) is 1.52. The smallest absolute Gasteiger partial charge is 0.220 e. The maximum atomic E-state index is 11.3. The molecular weight excluding hydrogens is 196 g/mol. The van der Waals surface area contributed by atoms with Crippen molar-refractivity contribution in [3.05, 3.63) is 0 Å². The molecule has 4 N–H and O–H groups in total. The highest BCUT2D eigenvalue weighted by Crippen LogP contribution is 2.16. The summed E-state index contributed by atoms with van der Waals surface area (Å²) in [7, 11) is 0. The molecule has 0 radical (unpaired) electrons. The predicted molar refractivity (Wildman–Crippen MR) is 56.3 cm³/mol. The Labute approximate surface area is 90.0 Å². The summed E-state index contributed by atoms with van der Waals surface area (Å²) in [4.78, 5) is 11.3. The van der Waals surface area contributed by atoms with Gasteiger partial charge in [-0.3, -0.25) is 4.79 Å². The molecule has 0 aliphatic carbocycles. The third-order valence-corrected chi connectivity index (χ3v) is 2.56. The lowest BCUT2D eigenvalue weighted by Crippen LogP contribution is -2.43. The number of unbranched alkanes of at least 4 members (excludes halogenated alkanes) is 1. The van der Waals surface area contributed by atoms with E-state index in [1.54, 1.807) is 0 Å². The van der Waals surface area contributed by atoms with Crippen LogP contribution in [0.25, 0.3) is 0 Å². The van der Waals surface area contributed by atoms with Gasteiger partial charge in [-0.25, -0.2) is 0 Å². The average Bonchev–Trinajstić information content (AvgIpc) is 2.64. The summed E-state index contributed by atoms with van der Waals surface area (Å²) in [5.41, 5.74) is 4.46. The molecule has 5 heteroatoms. The molecule has 1 aliphatic rings. The minimum Gasteiger partial charge on any atom is -0.386 e. The zero-order valence-electron chi connectivity index (χ0n) is 9.00. The third kappa shape index (κ3) is 4.59. The number of hydrogen-bond donors (Lipinski definition) is 3. The first-order valence-corrected chi connectivity index (χ1v) is 5.43. The number of carbonyl (C=O) groups is 1. The van der Waals surface area contributed by atoms with Crippen LogP contribution in [0.4, 0.5) is 0 Å². The lowest BCUT2D eigenvalue weighted by atomic mass is 10.0. The molecule has 1 aliphatic heterocycles. The number of rotatable bonds is 6. The van der Waals surface area contributed by atoms with Gasteiger partial charge in [0, 0.05) is 26.0 Å². The second kappa shape index (κ2) is 6.05. The molecule has 1 fully saturated rings.